The predicted molar refractivity (Wildman–Crippen MR) is 108 cm³/mol. The summed E-state index contributed by atoms with van der Waals surface area (Å²) in [5.74, 6) is 0.659. The van der Waals surface area contributed by atoms with E-state index in [4.69, 9.17) is 23.2 Å². The molecule has 7 heteroatoms. The molecule has 0 aliphatic heterocycles. The number of aryl methyl sites for hydroxylation is 1. The van der Waals surface area contributed by atoms with Gasteiger partial charge in [-0.3, -0.25) is 9.98 Å². The summed E-state index contributed by atoms with van der Waals surface area (Å²) in [6.45, 7) is 5.72. The standard InChI is InChI=1S/C19H24Cl2N4O/c1-3-23-19(24-7-5-14-4-6-22-11-13(14)2)25-12-18(26)15-8-16(20)10-17(21)9-15/h4,6,8-11,18,26H,3,5,7,12H2,1-2H3,(H2,23,24,25). The number of pyridine rings is 1. The summed E-state index contributed by atoms with van der Waals surface area (Å²) in [4.78, 5) is 8.55. The van der Waals surface area contributed by atoms with Crippen molar-refractivity contribution in [1.82, 2.24) is 15.6 Å². The summed E-state index contributed by atoms with van der Waals surface area (Å²) < 4.78 is 0. The van der Waals surface area contributed by atoms with E-state index in [2.05, 4.69) is 20.6 Å². The molecule has 0 saturated carbocycles. The molecule has 0 bridgehead atoms. The number of hydrogen-bond acceptors (Lipinski definition) is 3. The Bertz CT molecular complexity index is 732. The number of halogens is 2. The van der Waals surface area contributed by atoms with Crippen LogP contribution in [-0.4, -0.2) is 35.7 Å². The molecular formula is C19H24Cl2N4O. The Balaban J connectivity index is 1.94. The van der Waals surface area contributed by atoms with E-state index in [9.17, 15) is 5.11 Å². The first kappa shape index (κ1) is 20.5. The van der Waals surface area contributed by atoms with Crippen molar-refractivity contribution >= 4 is 29.2 Å². The molecule has 0 radical (unpaired) electrons. The lowest BCUT2D eigenvalue weighted by atomic mass is 10.1. The van der Waals surface area contributed by atoms with Crippen molar-refractivity contribution < 1.29 is 5.11 Å². The van der Waals surface area contributed by atoms with Crippen molar-refractivity contribution in [2.24, 2.45) is 4.99 Å². The van der Waals surface area contributed by atoms with E-state index in [-0.39, 0.29) is 6.54 Å². The number of nitrogens with one attached hydrogen (secondary N) is 2. The molecule has 140 valence electrons. The van der Waals surface area contributed by atoms with Gasteiger partial charge in [0, 0.05) is 35.5 Å². The highest BCUT2D eigenvalue weighted by molar-refractivity contribution is 6.34. The quantitative estimate of drug-likeness (QED) is 0.496. The van der Waals surface area contributed by atoms with Gasteiger partial charge in [-0.2, -0.15) is 0 Å². The molecule has 1 aromatic carbocycles. The second-order valence-electron chi connectivity index (χ2n) is 5.92. The molecule has 26 heavy (non-hydrogen) atoms. The van der Waals surface area contributed by atoms with Gasteiger partial charge in [-0.25, -0.2) is 0 Å². The molecule has 0 aliphatic rings. The molecule has 1 unspecified atom stereocenters. The van der Waals surface area contributed by atoms with E-state index in [0.717, 1.165) is 19.5 Å². The van der Waals surface area contributed by atoms with Crippen LogP contribution in [0.4, 0.5) is 0 Å². The number of aliphatic imine (C=N–C) groups is 1. The first-order chi connectivity index (χ1) is 12.5. The molecule has 2 aromatic rings. The molecule has 0 spiro atoms. The molecule has 2 rings (SSSR count). The number of rotatable bonds is 7. The van der Waals surface area contributed by atoms with E-state index in [1.165, 1.54) is 11.1 Å². The molecule has 3 N–H and O–H groups in total. The smallest absolute Gasteiger partial charge is 0.191 e. The fraction of sp³-hybridized carbons (Fsp3) is 0.368. The number of aliphatic hydroxyl groups excluding tert-OH is 1. The average molecular weight is 395 g/mol. The Morgan fingerprint density at radius 1 is 1.23 bits per heavy atom. The van der Waals surface area contributed by atoms with Crippen LogP contribution >= 0.6 is 23.2 Å². The Kier molecular flexibility index (Phi) is 8.16. The zero-order valence-corrected chi connectivity index (χ0v) is 16.5. The van der Waals surface area contributed by atoms with Crippen molar-refractivity contribution in [2.45, 2.75) is 26.4 Å². The van der Waals surface area contributed by atoms with E-state index >= 15 is 0 Å². The van der Waals surface area contributed by atoms with Gasteiger partial charge in [-0.15, -0.1) is 0 Å². The van der Waals surface area contributed by atoms with Crippen LogP contribution in [0.15, 0.2) is 41.7 Å². The van der Waals surface area contributed by atoms with Gasteiger partial charge in [0.15, 0.2) is 5.96 Å². The van der Waals surface area contributed by atoms with Crippen molar-refractivity contribution in [3.05, 3.63) is 63.4 Å². The van der Waals surface area contributed by atoms with Gasteiger partial charge >= 0.3 is 0 Å². The molecular weight excluding hydrogens is 371 g/mol. The van der Waals surface area contributed by atoms with E-state index < -0.39 is 6.10 Å². The van der Waals surface area contributed by atoms with E-state index in [1.54, 1.807) is 24.4 Å². The van der Waals surface area contributed by atoms with Gasteiger partial charge < -0.3 is 15.7 Å². The minimum Gasteiger partial charge on any atom is -0.386 e. The number of benzene rings is 1. The van der Waals surface area contributed by atoms with Crippen LogP contribution < -0.4 is 10.6 Å². The maximum absolute atomic E-state index is 10.3. The molecule has 0 amide bonds. The fourth-order valence-electron chi connectivity index (χ4n) is 2.49. The minimum absolute atomic E-state index is 0.209. The molecule has 5 nitrogen and oxygen atoms in total. The number of aromatic nitrogens is 1. The van der Waals surface area contributed by atoms with Gasteiger partial charge in [-0.1, -0.05) is 23.2 Å². The first-order valence-electron chi connectivity index (χ1n) is 8.55. The van der Waals surface area contributed by atoms with Gasteiger partial charge in [0.05, 0.1) is 12.6 Å². The van der Waals surface area contributed by atoms with Crippen LogP contribution in [0.3, 0.4) is 0 Å². The predicted octanol–water partition coefficient (Wildman–Crippen LogP) is 3.53. The second kappa shape index (κ2) is 10.4. The Labute approximate surface area is 164 Å². The van der Waals surface area contributed by atoms with Crippen LogP contribution in [-0.2, 0) is 6.42 Å². The van der Waals surface area contributed by atoms with Crippen molar-refractivity contribution in [3.63, 3.8) is 0 Å². The summed E-state index contributed by atoms with van der Waals surface area (Å²) in [5.41, 5.74) is 3.07. The lowest BCUT2D eigenvalue weighted by Gasteiger charge is -2.14. The third-order valence-electron chi connectivity index (χ3n) is 3.86. The topological polar surface area (TPSA) is 69.5 Å². The normalized spacial score (nSPS) is 12.7. The van der Waals surface area contributed by atoms with Gasteiger partial charge in [0.2, 0.25) is 0 Å². The van der Waals surface area contributed by atoms with Gasteiger partial charge in [-0.05, 0) is 61.2 Å². The zero-order chi connectivity index (χ0) is 18.9. The Morgan fingerprint density at radius 3 is 2.62 bits per heavy atom. The third kappa shape index (κ3) is 6.48. The van der Waals surface area contributed by atoms with Gasteiger partial charge in [0.1, 0.15) is 0 Å². The number of hydrogen-bond donors (Lipinski definition) is 3. The fourth-order valence-corrected chi connectivity index (χ4v) is 3.03. The summed E-state index contributed by atoms with van der Waals surface area (Å²) in [6, 6.07) is 7.05. The molecule has 0 saturated heterocycles. The molecule has 0 aliphatic carbocycles. The number of aliphatic hydroxyl groups is 1. The summed E-state index contributed by atoms with van der Waals surface area (Å²) in [6.07, 6.45) is 3.75. The Morgan fingerprint density at radius 2 is 1.96 bits per heavy atom. The second-order valence-corrected chi connectivity index (χ2v) is 6.79. The van der Waals surface area contributed by atoms with Crippen molar-refractivity contribution in [3.8, 4) is 0 Å². The van der Waals surface area contributed by atoms with Crippen molar-refractivity contribution in [1.29, 1.82) is 0 Å². The first-order valence-corrected chi connectivity index (χ1v) is 9.31. The van der Waals surface area contributed by atoms with Crippen molar-refractivity contribution in [2.75, 3.05) is 19.6 Å². The van der Waals surface area contributed by atoms with Crippen LogP contribution in [0.2, 0.25) is 10.0 Å². The van der Waals surface area contributed by atoms with Crippen LogP contribution in [0.5, 0.6) is 0 Å². The SMILES string of the molecule is CCNC(=NCC(O)c1cc(Cl)cc(Cl)c1)NCCc1ccncc1C. The highest BCUT2D eigenvalue weighted by Gasteiger charge is 2.10. The lowest BCUT2D eigenvalue weighted by molar-refractivity contribution is 0.187. The third-order valence-corrected chi connectivity index (χ3v) is 4.30. The maximum atomic E-state index is 10.3. The van der Waals surface area contributed by atoms with E-state index in [0.29, 0.717) is 21.6 Å². The van der Waals surface area contributed by atoms with E-state index in [1.807, 2.05) is 26.1 Å². The molecule has 1 atom stereocenters. The highest BCUT2D eigenvalue weighted by Crippen LogP contribution is 2.23. The molecule has 0 fully saturated rings. The maximum Gasteiger partial charge on any atom is 0.191 e. The number of guanidine groups is 1. The number of nitrogens with zero attached hydrogens (tertiary/aromatic N) is 2. The largest absolute Gasteiger partial charge is 0.386 e. The zero-order valence-electron chi connectivity index (χ0n) is 15.0. The minimum atomic E-state index is -0.774. The monoisotopic (exact) mass is 394 g/mol. The summed E-state index contributed by atoms with van der Waals surface area (Å²) >= 11 is 12.0. The summed E-state index contributed by atoms with van der Waals surface area (Å²) in [7, 11) is 0. The highest BCUT2D eigenvalue weighted by atomic mass is 35.5. The van der Waals surface area contributed by atoms with Crippen LogP contribution in [0, 0.1) is 6.92 Å². The summed E-state index contributed by atoms with van der Waals surface area (Å²) in [5, 5.41) is 17.8. The molecule has 1 aromatic heterocycles. The lowest BCUT2D eigenvalue weighted by Crippen LogP contribution is -2.38. The van der Waals surface area contributed by atoms with Crippen LogP contribution in [0.1, 0.15) is 29.7 Å². The average Bonchev–Trinajstić information content (AvgIpc) is 2.60. The van der Waals surface area contributed by atoms with Gasteiger partial charge in [0.25, 0.3) is 0 Å². The Hall–Kier alpha value is -1.82. The van der Waals surface area contributed by atoms with Crippen LogP contribution in [0.25, 0.3) is 0 Å². The molecule has 1 heterocycles.